The first-order chi connectivity index (χ1) is 8.59. The van der Waals surface area contributed by atoms with Gasteiger partial charge in [0.1, 0.15) is 0 Å². The summed E-state index contributed by atoms with van der Waals surface area (Å²) in [7, 11) is 8.07. The summed E-state index contributed by atoms with van der Waals surface area (Å²) in [5.74, 6) is 0. The predicted octanol–water partition coefficient (Wildman–Crippen LogP) is 2.43. The number of nitrogens with zero attached hydrogens (tertiary/aromatic N) is 4. The smallest absolute Gasteiger partial charge is 0.0672 e. The second-order valence-electron chi connectivity index (χ2n) is 5.32. The van der Waals surface area contributed by atoms with E-state index in [2.05, 4.69) is 12.2 Å². The Morgan fingerprint density at radius 2 is 1.61 bits per heavy atom. The fourth-order valence-electron chi connectivity index (χ4n) is 2.64. The zero-order valence-electron chi connectivity index (χ0n) is 12.0. The fraction of sp³-hybridized carbons (Fsp3) is 0.643. The molecule has 4 nitrogen and oxygen atoms in total. The van der Waals surface area contributed by atoms with Gasteiger partial charge in [0.15, 0.2) is 0 Å². The Balaban J connectivity index is 2.25. The SMILES string of the molecule is CN(C)N(/N=C1/CCCC2=C1CC=CC2)N(C)C. The van der Waals surface area contributed by atoms with Gasteiger partial charge in [0.05, 0.1) is 5.71 Å². The summed E-state index contributed by atoms with van der Waals surface area (Å²) in [5, 5.41) is 10.8. The van der Waals surface area contributed by atoms with Crippen molar-refractivity contribution in [1.82, 2.24) is 15.2 Å². The minimum absolute atomic E-state index is 1.06. The number of hydrazone groups is 1. The maximum absolute atomic E-state index is 4.83. The molecule has 0 N–H and O–H groups in total. The van der Waals surface area contributed by atoms with Crippen LogP contribution in [0.2, 0.25) is 0 Å². The first-order valence-electron chi connectivity index (χ1n) is 6.68. The van der Waals surface area contributed by atoms with E-state index in [4.69, 9.17) is 5.10 Å². The molecular formula is C14H24N4. The molecule has 0 radical (unpaired) electrons. The molecule has 0 fully saturated rings. The van der Waals surface area contributed by atoms with Crippen molar-refractivity contribution in [3.63, 3.8) is 0 Å². The van der Waals surface area contributed by atoms with Gasteiger partial charge in [0.2, 0.25) is 0 Å². The summed E-state index contributed by atoms with van der Waals surface area (Å²) >= 11 is 0. The van der Waals surface area contributed by atoms with E-state index in [1.807, 2.05) is 43.4 Å². The molecule has 2 rings (SSSR count). The van der Waals surface area contributed by atoms with E-state index in [0.29, 0.717) is 0 Å². The third kappa shape index (κ3) is 2.82. The van der Waals surface area contributed by atoms with Gasteiger partial charge in [-0.25, -0.2) is 0 Å². The largest absolute Gasteiger partial charge is 0.195 e. The molecule has 0 saturated heterocycles. The van der Waals surface area contributed by atoms with Crippen molar-refractivity contribution >= 4 is 5.71 Å². The lowest BCUT2D eigenvalue weighted by Gasteiger charge is -2.33. The van der Waals surface area contributed by atoms with Gasteiger partial charge in [0.25, 0.3) is 0 Å². The summed E-state index contributed by atoms with van der Waals surface area (Å²) in [4.78, 5) is 0. The first-order valence-corrected chi connectivity index (χ1v) is 6.68. The zero-order valence-corrected chi connectivity index (χ0v) is 12.0. The lowest BCUT2D eigenvalue weighted by atomic mass is 9.84. The molecule has 0 atom stereocenters. The highest BCUT2D eigenvalue weighted by atomic mass is 16.0. The lowest BCUT2D eigenvalue weighted by molar-refractivity contribution is -0.132. The summed E-state index contributed by atoms with van der Waals surface area (Å²) in [6.07, 6.45) is 10.3. The number of hydrazine groups is 2. The molecular weight excluding hydrogens is 224 g/mol. The minimum atomic E-state index is 1.06. The Kier molecular flexibility index (Phi) is 4.19. The zero-order chi connectivity index (χ0) is 13.1. The van der Waals surface area contributed by atoms with E-state index in [0.717, 1.165) is 19.3 Å². The van der Waals surface area contributed by atoms with Crippen molar-refractivity contribution in [2.75, 3.05) is 28.2 Å². The highest BCUT2D eigenvalue weighted by Crippen LogP contribution is 2.31. The van der Waals surface area contributed by atoms with Crippen LogP contribution in [0.4, 0.5) is 0 Å². The van der Waals surface area contributed by atoms with Crippen LogP contribution in [0.5, 0.6) is 0 Å². The van der Waals surface area contributed by atoms with E-state index in [9.17, 15) is 0 Å². The average molecular weight is 248 g/mol. The van der Waals surface area contributed by atoms with Crippen LogP contribution in [0.1, 0.15) is 32.1 Å². The molecule has 2 aliphatic carbocycles. The van der Waals surface area contributed by atoms with Crippen molar-refractivity contribution in [1.29, 1.82) is 0 Å². The third-order valence-corrected chi connectivity index (χ3v) is 3.45. The summed E-state index contributed by atoms with van der Waals surface area (Å²) < 4.78 is 0. The highest BCUT2D eigenvalue weighted by molar-refractivity contribution is 6.01. The quantitative estimate of drug-likeness (QED) is 0.566. The molecule has 0 spiro atoms. The fourth-order valence-corrected chi connectivity index (χ4v) is 2.64. The van der Waals surface area contributed by atoms with E-state index < -0.39 is 0 Å². The second kappa shape index (κ2) is 5.67. The van der Waals surface area contributed by atoms with Crippen molar-refractivity contribution in [3.8, 4) is 0 Å². The third-order valence-electron chi connectivity index (χ3n) is 3.45. The standard InChI is InChI=1S/C14H24N4/c1-16(2)18(17(3)4)15-14-11-7-9-12-8-5-6-10-13(12)14/h5-6H,7-11H2,1-4H3/b15-14-. The first kappa shape index (κ1) is 13.3. The van der Waals surface area contributed by atoms with Crippen LogP contribution < -0.4 is 0 Å². The number of hydrogen-bond donors (Lipinski definition) is 0. The summed E-state index contributed by atoms with van der Waals surface area (Å²) in [6.45, 7) is 0. The van der Waals surface area contributed by atoms with Crippen LogP contribution in [-0.4, -0.2) is 49.1 Å². The topological polar surface area (TPSA) is 22.1 Å². The molecule has 4 heteroatoms. The average Bonchev–Trinajstić information content (AvgIpc) is 2.35. The van der Waals surface area contributed by atoms with Crippen LogP contribution in [0.15, 0.2) is 28.4 Å². The van der Waals surface area contributed by atoms with Crippen LogP contribution in [0, 0.1) is 0 Å². The molecule has 0 heterocycles. The minimum Gasteiger partial charge on any atom is -0.195 e. The summed E-state index contributed by atoms with van der Waals surface area (Å²) in [6, 6.07) is 0. The van der Waals surface area contributed by atoms with Gasteiger partial charge in [-0.3, -0.25) is 0 Å². The van der Waals surface area contributed by atoms with Crippen LogP contribution in [0.25, 0.3) is 0 Å². The Morgan fingerprint density at radius 1 is 0.944 bits per heavy atom. The van der Waals surface area contributed by atoms with Crippen molar-refractivity contribution in [2.45, 2.75) is 32.1 Å². The van der Waals surface area contributed by atoms with Gasteiger partial charge in [0, 0.05) is 28.2 Å². The van der Waals surface area contributed by atoms with E-state index in [-0.39, 0.29) is 0 Å². The van der Waals surface area contributed by atoms with Crippen LogP contribution >= 0.6 is 0 Å². The molecule has 0 aromatic carbocycles. The molecule has 0 amide bonds. The van der Waals surface area contributed by atoms with E-state index in [1.165, 1.54) is 24.1 Å². The van der Waals surface area contributed by atoms with Gasteiger partial charge < -0.3 is 0 Å². The van der Waals surface area contributed by atoms with Crippen molar-refractivity contribution in [3.05, 3.63) is 23.3 Å². The van der Waals surface area contributed by atoms with Gasteiger partial charge >= 0.3 is 0 Å². The monoisotopic (exact) mass is 248 g/mol. The number of allylic oxidation sites excluding steroid dienone is 4. The molecule has 0 unspecified atom stereocenters. The van der Waals surface area contributed by atoms with Crippen LogP contribution in [0.3, 0.4) is 0 Å². The molecule has 0 aliphatic heterocycles. The summed E-state index contributed by atoms with van der Waals surface area (Å²) in [5.41, 5.74) is 4.35. The van der Waals surface area contributed by atoms with E-state index in [1.54, 1.807) is 5.57 Å². The number of hydrogen-bond acceptors (Lipinski definition) is 4. The van der Waals surface area contributed by atoms with Gasteiger partial charge in [-0.05, 0) is 37.7 Å². The molecule has 0 aromatic rings. The van der Waals surface area contributed by atoms with Crippen molar-refractivity contribution < 1.29 is 0 Å². The van der Waals surface area contributed by atoms with Crippen LogP contribution in [-0.2, 0) is 0 Å². The lowest BCUT2D eigenvalue weighted by Crippen LogP contribution is -2.43. The van der Waals surface area contributed by atoms with E-state index >= 15 is 0 Å². The Bertz CT molecular complexity index is 383. The second-order valence-corrected chi connectivity index (χ2v) is 5.32. The molecule has 100 valence electrons. The Hall–Kier alpha value is -1.13. The molecule has 0 bridgehead atoms. The van der Waals surface area contributed by atoms with Gasteiger partial charge in [-0.2, -0.15) is 15.2 Å². The highest BCUT2D eigenvalue weighted by Gasteiger charge is 2.21. The van der Waals surface area contributed by atoms with Gasteiger partial charge in [-0.1, -0.05) is 17.7 Å². The Labute approximate surface area is 110 Å². The Morgan fingerprint density at radius 3 is 2.28 bits per heavy atom. The molecule has 0 aromatic heterocycles. The molecule has 0 saturated carbocycles. The van der Waals surface area contributed by atoms with Crippen molar-refractivity contribution in [2.24, 2.45) is 5.10 Å². The normalized spacial score (nSPS) is 22.0. The maximum Gasteiger partial charge on any atom is 0.0672 e. The van der Waals surface area contributed by atoms with Gasteiger partial charge in [-0.15, -0.1) is 5.10 Å². The maximum atomic E-state index is 4.83. The number of rotatable bonds is 3. The molecule has 2 aliphatic rings. The molecule has 18 heavy (non-hydrogen) atoms. The predicted molar refractivity (Wildman–Crippen MR) is 75.9 cm³/mol.